The van der Waals surface area contributed by atoms with Crippen molar-refractivity contribution >= 4 is 21.9 Å². The molecule has 2 rings (SSSR count). The Morgan fingerprint density at radius 1 is 1.55 bits per heavy atom. The maximum Gasteiger partial charge on any atom is 0.316 e. The minimum atomic E-state index is -0.984. The predicted octanol–water partition coefficient (Wildman–Crippen LogP) is 3.05. The summed E-state index contributed by atoms with van der Waals surface area (Å²) in [4.78, 5) is 16.5. The van der Waals surface area contributed by atoms with Crippen molar-refractivity contribution < 1.29 is 15.0 Å². The van der Waals surface area contributed by atoms with Crippen molar-refractivity contribution in [3.05, 3.63) is 28.0 Å². The van der Waals surface area contributed by atoms with Crippen molar-refractivity contribution in [2.24, 2.45) is 5.92 Å². The Balaban J connectivity index is 2.56. The van der Waals surface area contributed by atoms with Gasteiger partial charge in [-0.05, 0) is 65.7 Å². The molecule has 1 aromatic rings. The maximum atomic E-state index is 12.0. The maximum absolute atomic E-state index is 12.0. The number of hydrogen-bond acceptors (Lipinski definition) is 3. The number of hydrogen-bond donors (Lipinski definition) is 2. The molecule has 3 atom stereocenters. The summed E-state index contributed by atoms with van der Waals surface area (Å²) in [5.41, 5.74) is 0.613. The molecule has 110 valence electrons. The first-order valence-electron chi connectivity index (χ1n) is 6.96. The number of aryl methyl sites for hydroxylation is 1. The third kappa shape index (κ3) is 2.61. The lowest BCUT2D eigenvalue weighted by molar-refractivity contribution is -0.149. The van der Waals surface area contributed by atoms with Crippen molar-refractivity contribution in [2.45, 2.75) is 51.0 Å². The van der Waals surface area contributed by atoms with Crippen molar-refractivity contribution in [3.8, 4) is 0 Å². The van der Waals surface area contributed by atoms with Crippen LogP contribution in [-0.2, 0) is 10.2 Å². The highest BCUT2D eigenvalue weighted by molar-refractivity contribution is 9.10. The van der Waals surface area contributed by atoms with Gasteiger partial charge in [0.25, 0.3) is 0 Å². The molecule has 1 saturated carbocycles. The minimum absolute atomic E-state index is 0.0926. The molecule has 5 heteroatoms. The van der Waals surface area contributed by atoms with Gasteiger partial charge in [0.15, 0.2) is 0 Å². The number of nitrogens with zero attached hydrogens (tertiary/aromatic N) is 1. The number of pyridine rings is 1. The van der Waals surface area contributed by atoms with E-state index in [1.165, 1.54) is 0 Å². The van der Waals surface area contributed by atoms with E-state index in [2.05, 4.69) is 20.9 Å². The van der Waals surface area contributed by atoms with E-state index in [0.717, 1.165) is 12.0 Å². The Morgan fingerprint density at radius 2 is 2.25 bits per heavy atom. The first kappa shape index (κ1) is 15.4. The van der Waals surface area contributed by atoms with Gasteiger partial charge in [-0.2, -0.15) is 0 Å². The summed E-state index contributed by atoms with van der Waals surface area (Å²) < 4.78 is 0.661. The molecule has 1 aliphatic rings. The van der Waals surface area contributed by atoms with E-state index in [1.807, 2.05) is 26.0 Å². The van der Waals surface area contributed by atoms with Gasteiger partial charge in [-0.25, -0.2) is 4.98 Å². The van der Waals surface area contributed by atoms with E-state index >= 15 is 0 Å². The number of carbonyl (C=O) groups is 1. The number of aromatic nitrogens is 1. The Hall–Kier alpha value is -0.940. The third-order valence-electron chi connectivity index (χ3n) is 4.40. The molecule has 1 fully saturated rings. The van der Waals surface area contributed by atoms with Crippen molar-refractivity contribution in [1.82, 2.24) is 4.98 Å². The SMILES string of the molecule is CCC1CC(O)CCC1(C(=O)O)c1cc(C)cc(Br)n1. The summed E-state index contributed by atoms with van der Waals surface area (Å²) in [5.74, 6) is -0.925. The molecular formula is C15H20BrNO3. The zero-order valence-corrected chi connectivity index (χ0v) is 13.4. The van der Waals surface area contributed by atoms with Gasteiger partial charge in [-0.1, -0.05) is 13.3 Å². The highest BCUT2D eigenvalue weighted by Crippen LogP contribution is 2.45. The molecule has 20 heavy (non-hydrogen) atoms. The molecule has 0 bridgehead atoms. The number of carboxylic acids is 1. The lowest BCUT2D eigenvalue weighted by atomic mass is 9.62. The van der Waals surface area contributed by atoms with E-state index < -0.39 is 17.5 Å². The smallest absolute Gasteiger partial charge is 0.316 e. The average Bonchev–Trinajstić information content (AvgIpc) is 2.37. The summed E-state index contributed by atoms with van der Waals surface area (Å²) in [5, 5.41) is 19.7. The van der Waals surface area contributed by atoms with Gasteiger partial charge < -0.3 is 10.2 Å². The number of carboxylic acid groups (broad SMARTS) is 1. The fraction of sp³-hybridized carbons (Fsp3) is 0.600. The molecule has 0 saturated heterocycles. The number of rotatable bonds is 3. The van der Waals surface area contributed by atoms with Crippen LogP contribution >= 0.6 is 15.9 Å². The number of aliphatic hydroxyl groups excluding tert-OH is 1. The van der Waals surface area contributed by atoms with Gasteiger partial charge in [-0.3, -0.25) is 4.79 Å². The van der Waals surface area contributed by atoms with E-state index in [1.54, 1.807) is 0 Å². The highest BCUT2D eigenvalue weighted by Gasteiger charge is 2.50. The minimum Gasteiger partial charge on any atom is -0.481 e. The van der Waals surface area contributed by atoms with E-state index in [-0.39, 0.29) is 5.92 Å². The average molecular weight is 342 g/mol. The van der Waals surface area contributed by atoms with Gasteiger partial charge in [-0.15, -0.1) is 0 Å². The highest BCUT2D eigenvalue weighted by atomic mass is 79.9. The molecule has 0 amide bonds. The summed E-state index contributed by atoms with van der Waals surface area (Å²) in [6.07, 6.45) is 1.79. The molecule has 0 aromatic carbocycles. The van der Waals surface area contributed by atoms with Gasteiger partial charge in [0.2, 0.25) is 0 Å². The van der Waals surface area contributed by atoms with Crippen LogP contribution in [0, 0.1) is 12.8 Å². The van der Waals surface area contributed by atoms with Crippen LogP contribution < -0.4 is 0 Å². The van der Waals surface area contributed by atoms with Crippen LogP contribution in [0.3, 0.4) is 0 Å². The molecule has 4 nitrogen and oxygen atoms in total. The Bertz CT molecular complexity index is 500. The first-order valence-corrected chi connectivity index (χ1v) is 7.75. The fourth-order valence-corrected chi connectivity index (χ4v) is 3.89. The van der Waals surface area contributed by atoms with Crippen molar-refractivity contribution in [1.29, 1.82) is 0 Å². The molecule has 1 heterocycles. The zero-order chi connectivity index (χ0) is 14.9. The van der Waals surface area contributed by atoms with Crippen molar-refractivity contribution in [3.63, 3.8) is 0 Å². The molecule has 0 radical (unpaired) electrons. The van der Waals surface area contributed by atoms with Crippen LogP contribution in [0.2, 0.25) is 0 Å². The van der Waals surface area contributed by atoms with Crippen LogP contribution in [0.5, 0.6) is 0 Å². The summed E-state index contributed by atoms with van der Waals surface area (Å²) >= 11 is 3.35. The van der Waals surface area contributed by atoms with E-state index in [9.17, 15) is 15.0 Å². The second kappa shape index (κ2) is 5.82. The van der Waals surface area contributed by atoms with Crippen LogP contribution in [0.4, 0.5) is 0 Å². The van der Waals surface area contributed by atoms with Crippen LogP contribution in [0.25, 0.3) is 0 Å². The molecule has 1 aliphatic carbocycles. The Kier molecular flexibility index (Phi) is 4.49. The number of aliphatic carboxylic acids is 1. The van der Waals surface area contributed by atoms with Gasteiger partial charge >= 0.3 is 5.97 Å². The van der Waals surface area contributed by atoms with Gasteiger partial charge in [0.05, 0.1) is 11.8 Å². The molecule has 1 aromatic heterocycles. The standard InChI is InChI=1S/C15H20BrNO3/c1-3-10-8-11(18)4-5-15(10,14(19)20)12-6-9(2)7-13(16)17-12/h6-7,10-11,18H,3-5,8H2,1-2H3,(H,19,20). The number of halogens is 1. The zero-order valence-electron chi connectivity index (χ0n) is 11.8. The third-order valence-corrected chi connectivity index (χ3v) is 4.80. The summed E-state index contributed by atoms with van der Waals surface area (Å²) in [7, 11) is 0. The monoisotopic (exact) mass is 341 g/mol. The van der Waals surface area contributed by atoms with Crippen LogP contribution in [0.15, 0.2) is 16.7 Å². The lowest BCUT2D eigenvalue weighted by Gasteiger charge is -2.42. The molecule has 3 unspecified atom stereocenters. The lowest BCUT2D eigenvalue weighted by Crippen LogP contribution is -2.48. The van der Waals surface area contributed by atoms with Crippen LogP contribution in [0.1, 0.15) is 43.9 Å². The Labute approximate surface area is 127 Å². The molecule has 0 aliphatic heterocycles. The first-order chi connectivity index (χ1) is 9.40. The molecule has 2 N–H and O–H groups in total. The largest absolute Gasteiger partial charge is 0.481 e. The van der Waals surface area contributed by atoms with Gasteiger partial charge in [0, 0.05) is 0 Å². The summed E-state index contributed by atoms with van der Waals surface area (Å²) in [6, 6.07) is 3.73. The van der Waals surface area contributed by atoms with Crippen molar-refractivity contribution in [2.75, 3.05) is 0 Å². The Morgan fingerprint density at radius 3 is 2.80 bits per heavy atom. The second-order valence-corrected chi connectivity index (χ2v) is 6.47. The molecular weight excluding hydrogens is 322 g/mol. The predicted molar refractivity (Wildman–Crippen MR) is 79.6 cm³/mol. The normalized spacial score (nSPS) is 30.2. The fourth-order valence-electron chi connectivity index (χ4n) is 3.34. The van der Waals surface area contributed by atoms with Crippen LogP contribution in [-0.4, -0.2) is 27.3 Å². The van der Waals surface area contributed by atoms with E-state index in [0.29, 0.717) is 29.6 Å². The quantitative estimate of drug-likeness (QED) is 0.829. The van der Waals surface area contributed by atoms with E-state index in [4.69, 9.17) is 0 Å². The second-order valence-electron chi connectivity index (χ2n) is 5.66. The summed E-state index contributed by atoms with van der Waals surface area (Å²) in [6.45, 7) is 3.91. The molecule has 0 spiro atoms. The number of aliphatic hydroxyl groups is 1. The van der Waals surface area contributed by atoms with Gasteiger partial charge in [0.1, 0.15) is 10.0 Å². The topological polar surface area (TPSA) is 70.4 Å².